The normalized spacial score (nSPS) is 11.5. The Morgan fingerprint density at radius 2 is 1.69 bits per heavy atom. The maximum atomic E-state index is 14.6. The SMILES string of the molecule is COS(C)(=O)=O.Cc1c(F)c(N)c2c(=O)cc(-c3ccc(NC(=O)[C@@H](N)CCCCN)c(F)c3)oc2c1F.O=S(=O)=O. The summed E-state index contributed by atoms with van der Waals surface area (Å²) >= 11 is 0. The number of amides is 1. The molecular weight excluding hydrogens is 609 g/mol. The highest BCUT2D eigenvalue weighted by Gasteiger charge is 2.21. The Hall–Kier alpha value is -3.84. The van der Waals surface area contributed by atoms with E-state index in [0.29, 0.717) is 19.4 Å². The lowest BCUT2D eigenvalue weighted by atomic mass is 10.1. The molecule has 18 heteroatoms. The van der Waals surface area contributed by atoms with E-state index >= 15 is 0 Å². The van der Waals surface area contributed by atoms with Crippen LogP contribution in [0.4, 0.5) is 24.5 Å². The number of hydrogen-bond acceptors (Lipinski definition) is 12. The van der Waals surface area contributed by atoms with Crippen molar-refractivity contribution in [2.75, 3.05) is 31.0 Å². The summed E-state index contributed by atoms with van der Waals surface area (Å²) in [5.41, 5.74) is 14.6. The van der Waals surface area contributed by atoms with E-state index in [1.165, 1.54) is 12.1 Å². The number of nitrogens with two attached hydrogens (primary N) is 3. The number of unbranched alkanes of at least 4 members (excludes halogenated alkanes) is 1. The summed E-state index contributed by atoms with van der Waals surface area (Å²) < 4.78 is 97.4. The molecule has 2 aromatic carbocycles. The molecule has 3 rings (SSSR count). The summed E-state index contributed by atoms with van der Waals surface area (Å²) in [5.74, 6) is -3.63. The summed E-state index contributed by atoms with van der Waals surface area (Å²) in [5, 5.41) is 1.98. The van der Waals surface area contributed by atoms with E-state index in [-0.39, 0.29) is 17.0 Å². The summed E-state index contributed by atoms with van der Waals surface area (Å²) in [4.78, 5) is 24.6. The van der Waals surface area contributed by atoms with Gasteiger partial charge in [0.05, 0.1) is 36.2 Å². The van der Waals surface area contributed by atoms with Gasteiger partial charge in [-0.15, -0.1) is 12.6 Å². The van der Waals surface area contributed by atoms with Crippen LogP contribution in [0.2, 0.25) is 0 Å². The van der Waals surface area contributed by atoms with Gasteiger partial charge in [-0.3, -0.25) is 13.8 Å². The van der Waals surface area contributed by atoms with E-state index in [2.05, 4.69) is 9.50 Å². The minimum absolute atomic E-state index is 0.103. The number of anilines is 2. The lowest BCUT2D eigenvalue weighted by Crippen LogP contribution is -2.35. The fraction of sp³-hybridized carbons (Fsp3) is 0.333. The second-order valence-electron chi connectivity index (χ2n) is 8.50. The average Bonchev–Trinajstić information content (AvgIpc) is 2.91. The second-order valence-corrected chi connectivity index (χ2v) is 10.6. The maximum Gasteiger partial charge on any atom is 0.425 e. The van der Waals surface area contributed by atoms with E-state index in [4.69, 9.17) is 34.2 Å². The molecule has 0 radical (unpaired) electrons. The van der Waals surface area contributed by atoms with Crippen LogP contribution < -0.4 is 27.9 Å². The van der Waals surface area contributed by atoms with Gasteiger partial charge >= 0.3 is 10.6 Å². The Bertz CT molecular complexity index is 1710. The van der Waals surface area contributed by atoms with E-state index < -0.39 is 77.8 Å². The van der Waals surface area contributed by atoms with Crippen molar-refractivity contribution in [2.24, 2.45) is 11.5 Å². The molecule has 0 aliphatic rings. The van der Waals surface area contributed by atoms with Gasteiger partial charge in [-0.25, -0.2) is 13.2 Å². The van der Waals surface area contributed by atoms with Gasteiger partial charge in [0.2, 0.25) is 5.91 Å². The van der Waals surface area contributed by atoms with Gasteiger partial charge in [0.15, 0.2) is 22.6 Å². The van der Waals surface area contributed by atoms with E-state index in [9.17, 15) is 31.2 Å². The average molecular weight is 639 g/mol. The van der Waals surface area contributed by atoms with Crippen LogP contribution in [0.15, 0.2) is 33.5 Å². The molecule has 1 heterocycles. The van der Waals surface area contributed by atoms with Crippen LogP contribution in [0.25, 0.3) is 22.3 Å². The zero-order valence-electron chi connectivity index (χ0n) is 22.6. The molecule has 0 saturated carbocycles. The molecule has 0 saturated heterocycles. The molecule has 13 nitrogen and oxygen atoms in total. The number of fused-ring (bicyclic) bond motifs is 1. The molecule has 0 aliphatic heterocycles. The van der Waals surface area contributed by atoms with Crippen molar-refractivity contribution in [3.63, 3.8) is 0 Å². The van der Waals surface area contributed by atoms with Crippen LogP contribution in [0, 0.1) is 24.4 Å². The molecule has 1 amide bonds. The van der Waals surface area contributed by atoms with Crippen LogP contribution in [0.5, 0.6) is 0 Å². The monoisotopic (exact) mass is 638 g/mol. The van der Waals surface area contributed by atoms with Crippen LogP contribution in [0.3, 0.4) is 0 Å². The molecule has 0 bridgehead atoms. The Balaban J connectivity index is 0.000000760. The zero-order chi connectivity index (χ0) is 32.4. The predicted molar refractivity (Wildman–Crippen MR) is 148 cm³/mol. The Kier molecular flexibility index (Phi) is 13.8. The van der Waals surface area contributed by atoms with Crippen molar-refractivity contribution < 1.29 is 47.6 Å². The lowest BCUT2D eigenvalue weighted by molar-refractivity contribution is -0.117. The number of benzene rings is 2. The number of halogens is 3. The van der Waals surface area contributed by atoms with Crippen molar-refractivity contribution in [3.05, 3.63) is 57.5 Å². The van der Waals surface area contributed by atoms with Gasteiger partial charge < -0.3 is 26.9 Å². The fourth-order valence-corrected chi connectivity index (χ4v) is 3.26. The number of carbonyl (C=O) groups excluding carboxylic acids is 1. The highest BCUT2D eigenvalue weighted by molar-refractivity contribution is 7.85. The highest BCUT2D eigenvalue weighted by Crippen LogP contribution is 2.32. The van der Waals surface area contributed by atoms with E-state index in [1.54, 1.807) is 0 Å². The van der Waals surface area contributed by atoms with Crippen molar-refractivity contribution in [2.45, 2.75) is 32.2 Å². The van der Waals surface area contributed by atoms with E-state index in [0.717, 1.165) is 38.8 Å². The Morgan fingerprint density at radius 3 is 2.19 bits per heavy atom. The predicted octanol–water partition coefficient (Wildman–Crippen LogP) is 1.75. The van der Waals surface area contributed by atoms with Crippen molar-refractivity contribution in [1.82, 2.24) is 0 Å². The quantitative estimate of drug-likeness (QED) is 0.157. The molecule has 0 spiro atoms. The third-order valence-corrected chi connectivity index (χ3v) is 6.04. The molecule has 0 aliphatic carbocycles. The molecule has 42 heavy (non-hydrogen) atoms. The van der Waals surface area contributed by atoms with Gasteiger partial charge in [-0.05, 0) is 44.5 Å². The first kappa shape index (κ1) is 36.2. The molecule has 7 N–H and O–H groups in total. The summed E-state index contributed by atoms with van der Waals surface area (Å²) in [6, 6.07) is 3.79. The summed E-state index contributed by atoms with van der Waals surface area (Å²) in [6.45, 7) is 1.64. The first-order chi connectivity index (χ1) is 19.4. The van der Waals surface area contributed by atoms with Gasteiger partial charge in [-0.2, -0.15) is 8.42 Å². The van der Waals surface area contributed by atoms with Crippen LogP contribution in [-0.2, 0) is 29.7 Å². The van der Waals surface area contributed by atoms with Gasteiger partial charge in [0.25, 0.3) is 10.1 Å². The largest absolute Gasteiger partial charge is 0.453 e. The van der Waals surface area contributed by atoms with E-state index in [1.807, 2.05) is 0 Å². The summed E-state index contributed by atoms with van der Waals surface area (Å²) in [6.07, 6.45) is 2.78. The third kappa shape index (κ3) is 10.5. The Morgan fingerprint density at radius 1 is 1.12 bits per heavy atom. The number of rotatable bonds is 8. The number of hydrogen-bond donors (Lipinski definition) is 4. The number of nitrogens with one attached hydrogen (secondary N) is 1. The first-order valence-corrected chi connectivity index (χ1v) is 14.6. The number of carbonyl (C=O) groups is 1. The molecule has 3 aromatic rings. The minimum Gasteiger partial charge on any atom is -0.453 e. The topological polar surface area (TPSA) is 232 Å². The smallest absolute Gasteiger partial charge is 0.425 e. The van der Waals surface area contributed by atoms with Crippen molar-refractivity contribution in [3.8, 4) is 11.3 Å². The van der Waals surface area contributed by atoms with Crippen LogP contribution >= 0.6 is 0 Å². The standard InChI is InChI=1S/C22H23F3N4O3.C2H6O3S.O3S/c1-10-18(24)20(28)17-15(30)9-16(32-21(17)19(10)25)11-5-6-14(12(23)8-11)29-22(31)13(27)4-2-3-7-26;1-5-6(2,3)4;1-4(2)3/h5-6,8-9,13H,2-4,7,26-28H2,1H3,(H,29,31);1-2H3;/t13-;;/m0../s1. The number of nitrogen functional groups attached to an aromatic ring is 1. The molecule has 1 aromatic heterocycles. The maximum absolute atomic E-state index is 14.6. The molecule has 232 valence electrons. The molecule has 0 fully saturated rings. The van der Waals surface area contributed by atoms with Gasteiger partial charge in [0, 0.05) is 17.2 Å². The third-order valence-electron chi connectivity index (χ3n) is 5.43. The van der Waals surface area contributed by atoms with Crippen LogP contribution in [0.1, 0.15) is 24.8 Å². The lowest BCUT2D eigenvalue weighted by Gasteiger charge is -2.13. The second kappa shape index (κ2) is 16.0. The van der Waals surface area contributed by atoms with Gasteiger partial charge in [0.1, 0.15) is 11.6 Å². The first-order valence-electron chi connectivity index (χ1n) is 11.7. The molecular formula is C24H29F3N4O9S2. The molecule has 1 atom stereocenters. The minimum atomic E-state index is -3.16. The van der Waals surface area contributed by atoms with Crippen LogP contribution in [-0.4, -0.2) is 52.9 Å². The summed E-state index contributed by atoms with van der Waals surface area (Å²) in [7, 11) is -5.15. The molecule has 0 unspecified atom stereocenters. The highest BCUT2D eigenvalue weighted by atomic mass is 32.2. The zero-order valence-corrected chi connectivity index (χ0v) is 24.2. The fourth-order valence-electron chi connectivity index (χ4n) is 3.26. The Labute approximate surface area is 240 Å². The van der Waals surface area contributed by atoms with Crippen molar-refractivity contribution >= 4 is 49.0 Å². The van der Waals surface area contributed by atoms with Gasteiger partial charge in [-0.1, -0.05) is 6.42 Å². The van der Waals surface area contributed by atoms with Crippen molar-refractivity contribution in [1.29, 1.82) is 0 Å².